The van der Waals surface area contributed by atoms with Crippen molar-refractivity contribution in [2.45, 2.75) is 6.54 Å². The third-order valence-corrected chi connectivity index (χ3v) is 4.31. The highest BCUT2D eigenvalue weighted by molar-refractivity contribution is 6.30. The number of nitrogens with one attached hydrogen (secondary N) is 1. The van der Waals surface area contributed by atoms with E-state index >= 15 is 0 Å². The van der Waals surface area contributed by atoms with Crippen molar-refractivity contribution in [3.05, 3.63) is 81.1 Å². The molecule has 3 rings (SSSR count). The summed E-state index contributed by atoms with van der Waals surface area (Å²) in [4.78, 5) is 40.4. The van der Waals surface area contributed by atoms with Gasteiger partial charge in [-0.25, -0.2) is 4.79 Å². The zero-order chi connectivity index (χ0) is 19.4. The van der Waals surface area contributed by atoms with Gasteiger partial charge in [0.25, 0.3) is 5.91 Å². The van der Waals surface area contributed by atoms with E-state index in [9.17, 15) is 14.4 Å². The Balaban J connectivity index is 1.66. The van der Waals surface area contributed by atoms with Crippen LogP contribution < -0.4 is 5.56 Å². The van der Waals surface area contributed by atoms with Gasteiger partial charge in [0.2, 0.25) is 5.56 Å². The largest absolute Gasteiger partial charge is 0.452 e. The number of aromatic amines is 1. The van der Waals surface area contributed by atoms with Crippen LogP contribution in [0.2, 0.25) is 5.02 Å². The van der Waals surface area contributed by atoms with Crippen LogP contribution in [0, 0.1) is 0 Å². The van der Waals surface area contributed by atoms with Crippen molar-refractivity contribution in [2.24, 2.45) is 0 Å². The number of hydrogen-bond donors (Lipinski definition) is 1. The maximum absolute atomic E-state index is 12.4. The zero-order valence-electron chi connectivity index (χ0n) is 14.6. The Morgan fingerprint density at radius 2 is 1.81 bits per heavy atom. The highest BCUT2D eigenvalue weighted by Gasteiger charge is 2.16. The third kappa shape index (κ3) is 4.54. The van der Waals surface area contributed by atoms with Crippen molar-refractivity contribution in [3.63, 3.8) is 0 Å². The first-order chi connectivity index (χ1) is 12.9. The second-order valence-corrected chi connectivity index (χ2v) is 6.48. The summed E-state index contributed by atoms with van der Waals surface area (Å²) in [6.45, 7) is -0.0501. The number of fused-ring (bicyclic) bond motifs is 1. The Bertz CT molecular complexity index is 1040. The number of esters is 1. The molecule has 1 heterocycles. The van der Waals surface area contributed by atoms with Gasteiger partial charge in [0.05, 0.1) is 5.56 Å². The molecule has 27 heavy (non-hydrogen) atoms. The van der Waals surface area contributed by atoms with Crippen molar-refractivity contribution in [2.75, 3.05) is 13.7 Å². The van der Waals surface area contributed by atoms with Crippen LogP contribution in [0.4, 0.5) is 0 Å². The molecule has 1 aromatic heterocycles. The fourth-order valence-corrected chi connectivity index (χ4v) is 2.77. The number of hydrogen-bond acceptors (Lipinski definition) is 4. The van der Waals surface area contributed by atoms with E-state index in [-0.39, 0.29) is 11.5 Å². The number of halogens is 1. The molecule has 0 bridgehead atoms. The molecule has 0 fully saturated rings. The van der Waals surface area contributed by atoms with Gasteiger partial charge in [-0.05, 0) is 23.8 Å². The van der Waals surface area contributed by atoms with Gasteiger partial charge in [0.15, 0.2) is 6.61 Å². The van der Waals surface area contributed by atoms with Gasteiger partial charge in [0, 0.05) is 35.6 Å². The van der Waals surface area contributed by atoms with Crippen LogP contribution in [0.1, 0.15) is 15.9 Å². The monoisotopic (exact) mass is 384 g/mol. The van der Waals surface area contributed by atoms with E-state index in [0.717, 1.165) is 5.56 Å². The first-order valence-corrected chi connectivity index (χ1v) is 8.59. The van der Waals surface area contributed by atoms with Gasteiger partial charge in [0.1, 0.15) is 0 Å². The predicted octanol–water partition coefficient (Wildman–Crippen LogP) is 3.00. The minimum absolute atomic E-state index is 0.127. The van der Waals surface area contributed by atoms with Crippen molar-refractivity contribution in [3.8, 4) is 0 Å². The molecule has 138 valence electrons. The summed E-state index contributed by atoms with van der Waals surface area (Å²) in [5.41, 5.74) is 1.15. The van der Waals surface area contributed by atoms with Crippen LogP contribution in [0.15, 0.2) is 59.4 Å². The van der Waals surface area contributed by atoms with Crippen molar-refractivity contribution in [1.29, 1.82) is 0 Å². The number of nitrogens with zero attached hydrogens (tertiary/aromatic N) is 1. The Morgan fingerprint density at radius 1 is 1.11 bits per heavy atom. The Kier molecular flexibility index (Phi) is 5.57. The van der Waals surface area contributed by atoms with Crippen molar-refractivity contribution in [1.82, 2.24) is 9.88 Å². The number of benzene rings is 2. The molecule has 1 amide bonds. The number of aromatic nitrogens is 1. The lowest BCUT2D eigenvalue weighted by atomic mass is 10.1. The molecular formula is C20H17ClN2O4. The van der Waals surface area contributed by atoms with Crippen molar-refractivity contribution < 1.29 is 14.3 Å². The summed E-state index contributed by atoms with van der Waals surface area (Å²) < 4.78 is 5.13. The highest BCUT2D eigenvalue weighted by Crippen LogP contribution is 2.16. The lowest BCUT2D eigenvalue weighted by molar-refractivity contribution is -0.133. The minimum Gasteiger partial charge on any atom is -0.452 e. The number of carbonyl (C=O) groups excluding carboxylic acids is 2. The number of rotatable bonds is 5. The molecule has 6 nitrogen and oxygen atoms in total. The second kappa shape index (κ2) is 8.05. The average molecular weight is 385 g/mol. The fraction of sp³-hybridized carbons (Fsp3) is 0.150. The van der Waals surface area contributed by atoms with E-state index in [0.29, 0.717) is 22.5 Å². The summed E-state index contributed by atoms with van der Waals surface area (Å²) in [5, 5.41) is 1.18. The van der Waals surface area contributed by atoms with Crippen LogP contribution in [0.5, 0.6) is 0 Å². The van der Waals surface area contributed by atoms with Crippen LogP contribution in [-0.4, -0.2) is 35.4 Å². The molecule has 0 aliphatic heterocycles. The first kappa shape index (κ1) is 18.7. The molecule has 1 N–H and O–H groups in total. The molecule has 0 spiro atoms. The standard InChI is InChI=1S/C20H17ClN2O4/c1-23(11-13-6-8-14(21)9-7-13)19(25)12-27-20(26)16-10-18(24)22-17-5-3-2-4-15(16)17/h2-10H,11-12H2,1H3,(H,22,24). The molecule has 0 radical (unpaired) electrons. The van der Waals surface area contributed by atoms with Gasteiger partial charge in [-0.1, -0.05) is 41.9 Å². The molecule has 0 aliphatic carbocycles. The number of carbonyl (C=O) groups is 2. The van der Waals surface area contributed by atoms with E-state index in [1.54, 1.807) is 43.4 Å². The Morgan fingerprint density at radius 3 is 2.56 bits per heavy atom. The summed E-state index contributed by atoms with van der Waals surface area (Å²) in [5.74, 6) is -1.07. The molecule has 0 saturated heterocycles. The molecule has 0 saturated carbocycles. The van der Waals surface area contributed by atoms with Crippen LogP contribution in [0.25, 0.3) is 10.9 Å². The van der Waals surface area contributed by atoms with Gasteiger partial charge in [-0.15, -0.1) is 0 Å². The molecule has 3 aromatic rings. The van der Waals surface area contributed by atoms with Gasteiger partial charge < -0.3 is 14.6 Å². The van der Waals surface area contributed by atoms with Gasteiger partial charge >= 0.3 is 5.97 Å². The summed E-state index contributed by atoms with van der Waals surface area (Å²) in [6, 6.07) is 15.2. The number of amides is 1. The lowest BCUT2D eigenvalue weighted by Crippen LogP contribution is -2.31. The molecule has 0 unspecified atom stereocenters. The van der Waals surface area contributed by atoms with Gasteiger partial charge in [-0.2, -0.15) is 0 Å². The number of para-hydroxylation sites is 1. The highest BCUT2D eigenvalue weighted by atomic mass is 35.5. The Labute approximate surface area is 160 Å². The molecule has 7 heteroatoms. The van der Waals surface area contributed by atoms with Crippen LogP contribution >= 0.6 is 11.6 Å². The summed E-state index contributed by atoms with van der Waals surface area (Å²) in [6.07, 6.45) is 0. The first-order valence-electron chi connectivity index (χ1n) is 8.21. The second-order valence-electron chi connectivity index (χ2n) is 6.05. The van der Waals surface area contributed by atoms with Gasteiger partial charge in [-0.3, -0.25) is 9.59 Å². The molecule has 0 atom stereocenters. The van der Waals surface area contributed by atoms with E-state index in [4.69, 9.17) is 16.3 Å². The number of ether oxygens (including phenoxy) is 1. The quantitative estimate of drug-likeness (QED) is 0.686. The predicted molar refractivity (Wildman–Crippen MR) is 103 cm³/mol. The topological polar surface area (TPSA) is 79.5 Å². The maximum atomic E-state index is 12.4. The lowest BCUT2D eigenvalue weighted by Gasteiger charge is -2.17. The smallest absolute Gasteiger partial charge is 0.339 e. The van der Waals surface area contributed by atoms with E-state index in [1.165, 1.54) is 11.0 Å². The zero-order valence-corrected chi connectivity index (χ0v) is 15.3. The fourth-order valence-electron chi connectivity index (χ4n) is 2.64. The number of H-pyrrole nitrogens is 1. The van der Waals surface area contributed by atoms with E-state index in [1.807, 2.05) is 12.1 Å². The summed E-state index contributed by atoms with van der Waals surface area (Å²) in [7, 11) is 1.62. The Hall–Kier alpha value is -3.12. The summed E-state index contributed by atoms with van der Waals surface area (Å²) >= 11 is 5.84. The number of likely N-dealkylation sites (N-methyl/N-ethyl adjacent to an activating group) is 1. The number of pyridine rings is 1. The van der Waals surface area contributed by atoms with Crippen LogP contribution in [0.3, 0.4) is 0 Å². The SMILES string of the molecule is CN(Cc1ccc(Cl)cc1)C(=O)COC(=O)c1cc(=O)[nH]c2ccccc12. The third-order valence-electron chi connectivity index (χ3n) is 4.06. The molecule has 0 aliphatic rings. The average Bonchev–Trinajstić information content (AvgIpc) is 2.66. The maximum Gasteiger partial charge on any atom is 0.339 e. The molecule has 2 aromatic carbocycles. The van der Waals surface area contributed by atoms with Crippen molar-refractivity contribution >= 4 is 34.4 Å². The normalized spacial score (nSPS) is 10.6. The molecular weight excluding hydrogens is 368 g/mol. The minimum atomic E-state index is -0.717. The van der Waals surface area contributed by atoms with Crippen LogP contribution in [-0.2, 0) is 16.1 Å². The van der Waals surface area contributed by atoms with E-state index in [2.05, 4.69) is 4.98 Å². The van der Waals surface area contributed by atoms with E-state index < -0.39 is 18.1 Å².